The summed E-state index contributed by atoms with van der Waals surface area (Å²) in [5, 5.41) is 4.06. The second-order valence-corrected chi connectivity index (χ2v) is 4.46. The molecule has 3 rings (SSSR count). The van der Waals surface area contributed by atoms with Gasteiger partial charge in [-0.1, -0.05) is 12.1 Å². The minimum Gasteiger partial charge on any atom is -0.328 e. The summed E-state index contributed by atoms with van der Waals surface area (Å²) in [7, 11) is 0. The lowest BCUT2D eigenvalue weighted by Gasteiger charge is -2.26. The topological polar surface area (TPSA) is 46.9 Å². The number of nitrogens with zero attached hydrogens (tertiary/aromatic N) is 2. The molecule has 0 amide bonds. The van der Waals surface area contributed by atoms with Gasteiger partial charge < -0.3 is 9.88 Å². The van der Waals surface area contributed by atoms with Crippen molar-refractivity contribution in [2.45, 2.75) is 18.9 Å². The normalized spacial score (nSPS) is 17.4. The molecule has 2 aromatic rings. The van der Waals surface area contributed by atoms with Crippen LogP contribution in [-0.2, 0) is 0 Å². The molecule has 4 nitrogen and oxygen atoms in total. The fourth-order valence-corrected chi connectivity index (χ4v) is 2.50. The lowest BCUT2D eigenvalue weighted by molar-refractivity contribution is 0.372. The molecule has 0 spiro atoms. The van der Waals surface area contributed by atoms with Crippen LogP contribution in [0.4, 0.5) is 0 Å². The Morgan fingerprint density at radius 1 is 1.24 bits per heavy atom. The van der Waals surface area contributed by atoms with Crippen molar-refractivity contribution in [1.82, 2.24) is 14.9 Å². The highest BCUT2D eigenvalue weighted by molar-refractivity contribution is 5.77. The Kier molecular flexibility index (Phi) is 2.65. The highest BCUT2D eigenvalue weighted by Crippen LogP contribution is 2.21. The lowest BCUT2D eigenvalue weighted by atomic mass is 10.1. The summed E-state index contributed by atoms with van der Waals surface area (Å²) in [6.45, 7) is 2.07. The zero-order chi connectivity index (χ0) is 11.7. The molecule has 0 atom stereocenters. The Balaban J connectivity index is 2.16. The molecule has 1 aromatic heterocycles. The third kappa shape index (κ3) is 1.85. The van der Waals surface area contributed by atoms with Crippen LogP contribution in [0.3, 0.4) is 0 Å². The van der Waals surface area contributed by atoms with Gasteiger partial charge in [-0.05, 0) is 38.1 Å². The van der Waals surface area contributed by atoms with Crippen LogP contribution in [0.5, 0.6) is 0 Å². The quantitative estimate of drug-likeness (QED) is 0.802. The van der Waals surface area contributed by atoms with Crippen LogP contribution in [0.25, 0.3) is 10.9 Å². The highest BCUT2D eigenvalue weighted by Gasteiger charge is 2.16. The molecule has 2 heterocycles. The van der Waals surface area contributed by atoms with Gasteiger partial charge in [-0.15, -0.1) is 0 Å². The van der Waals surface area contributed by atoms with E-state index in [9.17, 15) is 4.79 Å². The van der Waals surface area contributed by atoms with E-state index in [4.69, 9.17) is 0 Å². The van der Waals surface area contributed by atoms with E-state index >= 15 is 0 Å². The van der Waals surface area contributed by atoms with Gasteiger partial charge in [-0.2, -0.15) is 4.98 Å². The maximum absolute atomic E-state index is 11.7. The summed E-state index contributed by atoms with van der Waals surface area (Å²) in [4.78, 5) is 15.6. The standard InChI is InChI=1S/C13H15N3O/c17-13-11-3-1-2-4-12(11)16(9-15-13)10-5-7-14-8-6-10/h1-4,9-10,14H,5-8H2. The SMILES string of the molecule is O=c1ncn(C2CCNCC2)c2ccccc12. The van der Waals surface area contributed by atoms with Crippen LogP contribution in [0.1, 0.15) is 18.9 Å². The van der Waals surface area contributed by atoms with E-state index in [0.29, 0.717) is 11.4 Å². The molecule has 88 valence electrons. The van der Waals surface area contributed by atoms with Crippen molar-refractivity contribution in [3.8, 4) is 0 Å². The van der Waals surface area contributed by atoms with E-state index in [1.165, 1.54) is 0 Å². The number of benzene rings is 1. The maximum Gasteiger partial charge on any atom is 0.280 e. The molecule has 0 unspecified atom stereocenters. The molecule has 1 aromatic carbocycles. The number of para-hydroxylation sites is 1. The smallest absolute Gasteiger partial charge is 0.280 e. The van der Waals surface area contributed by atoms with Crippen molar-refractivity contribution in [2.75, 3.05) is 13.1 Å². The molecule has 0 saturated carbocycles. The molecule has 0 bridgehead atoms. The molecule has 1 aliphatic heterocycles. The minimum absolute atomic E-state index is 0.134. The second-order valence-electron chi connectivity index (χ2n) is 4.46. The number of rotatable bonds is 1. The van der Waals surface area contributed by atoms with E-state index in [1.807, 2.05) is 24.3 Å². The van der Waals surface area contributed by atoms with Gasteiger partial charge in [0.1, 0.15) is 0 Å². The van der Waals surface area contributed by atoms with Gasteiger partial charge in [0.15, 0.2) is 0 Å². The van der Waals surface area contributed by atoms with Gasteiger partial charge in [-0.25, -0.2) is 0 Å². The van der Waals surface area contributed by atoms with Crippen LogP contribution in [-0.4, -0.2) is 22.6 Å². The Morgan fingerprint density at radius 3 is 2.82 bits per heavy atom. The average Bonchev–Trinajstić information content (AvgIpc) is 2.41. The van der Waals surface area contributed by atoms with E-state index in [2.05, 4.69) is 14.9 Å². The van der Waals surface area contributed by atoms with Gasteiger partial charge in [0.05, 0.1) is 17.2 Å². The molecule has 1 saturated heterocycles. The van der Waals surface area contributed by atoms with Gasteiger partial charge >= 0.3 is 0 Å². The fourth-order valence-electron chi connectivity index (χ4n) is 2.50. The van der Waals surface area contributed by atoms with Gasteiger partial charge in [-0.3, -0.25) is 4.79 Å². The molecule has 4 heteroatoms. The van der Waals surface area contributed by atoms with E-state index in [1.54, 1.807) is 6.33 Å². The summed E-state index contributed by atoms with van der Waals surface area (Å²) >= 11 is 0. The zero-order valence-electron chi connectivity index (χ0n) is 9.60. The molecule has 1 fully saturated rings. The molecule has 0 aliphatic carbocycles. The average molecular weight is 229 g/mol. The van der Waals surface area contributed by atoms with Crippen LogP contribution in [0.15, 0.2) is 35.4 Å². The van der Waals surface area contributed by atoms with Crippen molar-refractivity contribution < 1.29 is 0 Å². The van der Waals surface area contributed by atoms with Gasteiger partial charge in [0, 0.05) is 6.04 Å². The number of aromatic nitrogens is 2. The van der Waals surface area contributed by atoms with Crippen molar-refractivity contribution in [2.24, 2.45) is 0 Å². The first-order valence-corrected chi connectivity index (χ1v) is 6.03. The van der Waals surface area contributed by atoms with Crippen LogP contribution < -0.4 is 10.9 Å². The molecule has 0 radical (unpaired) electrons. The number of hydrogen-bond acceptors (Lipinski definition) is 3. The summed E-state index contributed by atoms with van der Waals surface area (Å²) in [5.41, 5.74) is 0.866. The molecular formula is C13H15N3O. The third-order valence-electron chi connectivity index (χ3n) is 3.41. The van der Waals surface area contributed by atoms with Crippen LogP contribution in [0.2, 0.25) is 0 Å². The number of piperidine rings is 1. The molecule has 1 aliphatic rings. The van der Waals surface area contributed by atoms with E-state index < -0.39 is 0 Å². The third-order valence-corrected chi connectivity index (χ3v) is 3.41. The Morgan fingerprint density at radius 2 is 2.00 bits per heavy atom. The van der Waals surface area contributed by atoms with Gasteiger partial charge in [0.25, 0.3) is 5.56 Å². The maximum atomic E-state index is 11.7. The first-order valence-electron chi connectivity index (χ1n) is 6.03. The molecule has 1 N–H and O–H groups in total. The Hall–Kier alpha value is -1.68. The predicted octanol–water partition coefficient (Wildman–Crippen LogP) is 1.32. The summed E-state index contributed by atoms with van der Waals surface area (Å²) in [6, 6.07) is 8.16. The number of nitrogens with one attached hydrogen (secondary N) is 1. The zero-order valence-corrected chi connectivity index (χ0v) is 9.60. The second kappa shape index (κ2) is 4.30. The van der Waals surface area contributed by atoms with E-state index in [0.717, 1.165) is 31.4 Å². The number of hydrogen-bond donors (Lipinski definition) is 1. The van der Waals surface area contributed by atoms with Crippen LogP contribution in [0, 0.1) is 0 Å². The Bertz CT molecular complexity index is 584. The summed E-state index contributed by atoms with van der Waals surface area (Å²) in [6.07, 6.45) is 3.88. The van der Waals surface area contributed by atoms with Crippen molar-refractivity contribution >= 4 is 10.9 Å². The van der Waals surface area contributed by atoms with E-state index in [-0.39, 0.29) is 5.56 Å². The first kappa shape index (κ1) is 10.5. The first-order chi connectivity index (χ1) is 8.36. The van der Waals surface area contributed by atoms with Crippen LogP contribution >= 0.6 is 0 Å². The summed E-state index contributed by atoms with van der Waals surface area (Å²) in [5.74, 6) is 0. The number of fused-ring (bicyclic) bond motifs is 1. The molecular weight excluding hydrogens is 214 g/mol. The van der Waals surface area contributed by atoms with Crippen molar-refractivity contribution in [3.63, 3.8) is 0 Å². The molecule has 17 heavy (non-hydrogen) atoms. The highest BCUT2D eigenvalue weighted by atomic mass is 16.1. The monoisotopic (exact) mass is 229 g/mol. The Labute approximate surface area is 99.3 Å². The largest absolute Gasteiger partial charge is 0.328 e. The lowest BCUT2D eigenvalue weighted by Crippen LogP contribution is -2.30. The van der Waals surface area contributed by atoms with Crippen molar-refractivity contribution in [1.29, 1.82) is 0 Å². The summed E-state index contributed by atoms with van der Waals surface area (Å²) < 4.78 is 2.15. The minimum atomic E-state index is -0.134. The van der Waals surface area contributed by atoms with Crippen molar-refractivity contribution in [3.05, 3.63) is 40.9 Å². The fraction of sp³-hybridized carbons (Fsp3) is 0.385. The van der Waals surface area contributed by atoms with Gasteiger partial charge in [0.2, 0.25) is 0 Å². The predicted molar refractivity (Wildman–Crippen MR) is 67.1 cm³/mol.